The van der Waals surface area contributed by atoms with Gasteiger partial charge < -0.3 is 4.57 Å². The van der Waals surface area contributed by atoms with Gasteiger partial charge in [-0.3, -0.25) is 0 Å². The van der Waals surface area contributed by atoms with Crippen molar-refractivity contribution in [1.82, 2.24) is 4.57 Å². The molecule has 0 aliphatic rings. The third-order valence-corrected chi connectivity index (χ3v) is 3.10. The van der Waals surface area contributed by atoms with E-state index in [0.29, 0.717) is 0 Å². The van der Waals surface area contributed by atoms with Crippen LogP contribution in [0.3, 0.4) is 0 Å². The fourth-order valence-corrected chi connectivity index (χ4v) is 2.37. The third kappa shape index (κ3) is 1.93. The monoisotopic (exact) mass is 225 g/mol. The van der Waals surface area contributed by atoms with Gasteiger partial charge in [0.25, 0.3) is 0 Å². The molecule has 0 unspecified atom stereocenters. The van der Waals surface area contributed by atoms with Gasteiger partial charge in [0.15, 0.2) is 0 Å². The maximum atomic E-state index is 2.37. The highest BCUT2D eigenvalue weighted by Gasteiger charge is 2.03. The number of rotatable bonds is 2. The molecular formula is C16H19N. The van der Waals surface area contributed by atoms with Crippen molar-refractivity contribution in [3.63, 3.8) is 0 Å². The molecule has 1 heterocycles. The van der Waals surface area contributed by atoms with Crippen molar-refractivity contribution in [3.8, 4) is 0 Å². The lowest BCUT2D eigenvalue weighted by Crippen LogP contribution is -2.28. The second kappa shape index (κ2) is 5.05. The average molecular weight is 225 g/mol. The highest BCUT2D eigenvalue weighted by atomic mass is 15.0. The Morgan fingerprint density at radius 2 is 1.94 bits per heavy atom. The second-order valence-corrected chi connectivity index (χ2v) is 4.04. The van der Waals surface area contributed by atoms with Crippen molar-refractivity contribution in [2.45, 2.75) is 27.3 Å². The van der Waals surface area contributed by atoms with Gasteiger partial charge in [-0.15, -0.1) is 0 Å². The molecular weight excluding hydrogens is 206 g/mol. The summed E-state index contributed by atoms with van der Waals surface area (Å²) in [5.74, 6) is 0. The van der Waals surface area contributed by atoms with Crippen LogP contribution in [0.15, 0.2) is 36.4 Å². The largest absolute Gasteiger partial charge is 0.341 e. The predicted octanol–water partition coefficient (Wildman–Crippen LogP) is 2.82. The maximum absolute atomic E-state index is 2.37. The molecule has 2 rings (SSSR count). The topological polar surface area (TPSA) is 4.93 Å². The van der Waals surface area contributed by atoms with Crippen molar-refractivity contribution in [2.75, 3.05) is 0 Å². The number of para-hydroxylation sites is 1. The van der Waals surface area contributed by atoms with Crippen LogP contribution in [-0.2, 0) is 6.54 Å². The molecule has 1 aromatic heterocycles. The lowest BCUT2D eigenvalue weighted by atomic mass is 10.2. The Labute approximate surface area is 102 Å². The summed E-state index contributed by atoms with van der Waals surface area (Å²) in [6, 6.07) is 8.60. The zero-order chi connectivity index (χ0) is 12.3. The van der Waals surface area contributed by atoms with E-state index in [0.717, 1.165) is 6.54 Å². The Hall–Kier alpha value is -1.76. The Morgan fingerprint density at radius 3 is 2.59 bits per heavy atom. The standard InChI is InChI=1S/C16H19N/c1-4-7-10-13-14-11-8-9-12-16(14)17(6-3)15(13)5-2/h4-5,7-12H,6H2,1-3H3/b7-4-,13-10-,15-5-. The first-order valence-electron chi connectivity index (χ1n) is 6.20. The number of hydrogen-bond acceptors (Lipinski definition) is 0. The van der Waals surface area contributed by atoms with Crippen LogP contribution in [-0.4, -0.2) is 4.57 Å². The van der Waals surface area contributed by atoms with Crippen LogP contribution in [0.4, 0.5) is 0 Å². The predicted molar refractivity (Wildman–Crippen MR) is 76.3 cm³/mol. The van der Waals surface area contributed by atoms with E-state index in [2.05, 4.69) is 67.0 Å². The normalized spacial score (nSPS) is 14.3. The van der Waals surface area contributed by atoms with Crippen LogP contribution in [0, 0.1) is 0 Å². The van der Waals surface area contributed by atoms with Crippen LogP contribution in [0.1, 0.15) is 20.8 Å². The third-order valence-electron chi connectivity index (χ3n) is 3.10. The van der Waals surface area contributed by atoms with Gasteiger partial charge >= 0.3 is 0 Å². The molecule has 0 aliphatic heterocycles. The van der Waals surface area contributed by atoms with Crippen molar-refractivity contribution in [2.24, 2.45) is 0 Å². The van der Waals surface area contributed by atoms with Gasteiger partial charge in [0.05, 0.1) is 0 Å². The van der Waals surface area contributed by atoms with E-state index in [1.807, 2.05) is 6.92 Å². The van der Waals surface area contributed by atoms with E-state index in [1.54, 1.807) is 0 Å². The summed E-state index contributed by atoms with van der Waals surface area (Å²) in [5.41, 5.74) is 1.32. The molecule has 1 aromatic carbocycles. The molecule has 0 saturated carbocycles. The van der Waals surface area contributed by atoms with Gasteiger partial charge in [-0.2, -0.15) is 0 Å². The summed E-state index contributed by atoms with van der Waals surface area (Å²) in [4.78, 5) is 0. The van der Waals surface area contributed by atoms with Crippen molar-refractivity contribution < 1.29 is 0 Å². The van der Waals surface area contributed by atoms with Crippen LogP contribution in [0.2, 0.25) is 0 Å². The number of nitrogens with zero attached hydrogens (tertiary/aromatic N) is 1. The fraction of sp³-hybridized carbons (Fsp3) is 0.250. The molecule has 1 nitrogen and oxygen atoms in total. The number of allylic oxidation sites excluding steroid dienone is 2. The van der Waals surface area contributed by atoms with E-state index >= 15 is 0 Å². The van der Waals surface area contributed by atoms with Crippen LogP contribution >= 0.6 is 0 Å². The summed E-state index contributed by atoms with van der Waals surface area (Å²) in [5, 5.41) is 3.97. The smallest absolute Gasteiger partial charge is 0.0491 e. The highest BCUT2D eigenvalue weighted by Crippen LogP contribution is 2.08. The fourth-order valence-electron chi connectivity index (χ4n) is 2.37. The van der Waals surface area contributed by atoms with E-state index in [9.17, 15) is 0 Å². The molecule has 0 radical (unpaired) electrons. The number of fused-ring (bicyclic) bond motifs is 1. The molecule has 0 spiro atoms. The van der Waals surface area contributed by atoms with Gasteiger partial charge in [0.2, 0.25) is 0 Å². The first-order valence-corrected chi connectivity index (χ1v) is 6.20. The first kappa shape index (κ1) is 11.7. The van der Waals surface area contributed by atoms with Crippen LogP contribution < -0.4 is 10.6 Å². The summed E-state index contributed by atoms with van der Waals surface area (Å²) < 4.78 is 2.37. The van der Waals surface area contributed by atoms with E-state index in [1.165, 1.54) is 21.5 Å². The zero-order valence-corrected chi connectivity index (χ0v) is 10.8. The molecule has 0 fully saturated rings. The second-order valence-electron chi connectivity index (χ2n) is 4.04. The Bertz CT molecular complexity index is 657. The van der Waals surface area contributed by atoms with Gasteiger partial charge in [-0.05, 0) is 26.8 Å². The first-order chi connectivity index (χ1) is 8.33. The van der Waals surface area contributed by atoms with Crippen molar-refractivity contribution >= 4 is 23.1 Å². The molecule has 0 aliphatic carbocycles. The SMILES string of the molecule is C\C=C/C=c1\c(=C\C)n(CC)c2ccccc12. The molecule has 1 heteroatoms. The Morgan fingerprint density at radius 1 is 1.18 bits per heavy atom. The molecule has 0 N–H and O–H groups in total. The lowest BCUT2D eigenvalue weighted by Gasteiger charge is -2.00. The minimum atomic E-state index is 1.00. The minimum absolute atomic E-state index is 1.00. The number of benzene rings is 1. The summed E-state index contributed by atoms with van der Waals surface area (Å²) >= 11 is 0. The molecule has 0 bridgehead atoms. The number of aromatic nitrogens is 1. The zero-order valence-electron chi connectivity index (χ0n) is 10.8. The summed E-state index contributed by atoms with van der Waals surface area (Å²) in [6.45, 7) is 7.35. The number of hydrogen-bond donors (Lipinski definition) is 0. The summed E-state index contributed by atoms with van der Waals surface area (Å²) in [7, 11) is 0. The molecule has 88 valence electrons. The van der Waals surface area contributed by atoms with Gasteiger partial charge in [-0.25, -0.2) is 0 Å². The van der Waals surface area contributed by atoms with Crippen LogP contribution in [0.25, 0.3) is 23.1 Å². The molecule has 0 amide bonds. The summed E-state index contributed by atoms with van der Waals surface area (Å²) in [6.07, 6.45) is 8.56. The van der Waals surface area contributed by atoms with Crippen molar-refractivity contribution in [1.29, 1.82) is 0 Å². The van der Waals surface area contributed by atoms with E-state index < -0.39 is 0 Å². The van der Waals surface area contributed by atoms with Gasteiger partial charge in [0, 0.05) is 28.0 Å². The minimum Gasteiger partial charge on any atom is -0.341 e. The molecule has 17 heavy (non-hydrogen) atoms. The Kier molecular flexibility index (Phi) is 3.48. The highest BCUT2D eigenvalue weighted by molar-refractivity contribution is 5.82. The van der Waals surface area contributed by atoms with Gasteiger partial charge in [-0.1, -0.05) is 42.5 Å². The molecule has 2 aromatic rings. The van der Waals surface area contributed by atoms with Gasteiger partial charge in [0.1, 0.15) is 0 Å². The number of aryl methyl sites for hydroxylation is 1. The lowest BCUT2D eigenvalue weighted by molar-refractivity contribution is 0.770. The van der Waals surface area contributed by atoms with Crippen LogP contribution in [0.5, 0.6) is 0 Å². The Balaban J connectivity index is 3.00. The maximum Gasteiger partial charge on any atom is 0.0491 e. The quantitative estimate of drug-likeness (QED) is 0.740. The average Bonchev–Trinajstić information content (AvgIpc) is 2.69. The molecule has 0 atom stereocenters. The molecule has 0 saturated heterocycles. The van der Waals surface area contributed by atoms with E-state index in [-0.39, 0.29) is 0 Å². The van der Waals surface area contributed by atoms with Crippen molar-refractivity contribution in [3.05, 3.63) is 47.0 Å². The van der Waals surface area contributed by atoms with E-state index in [4.69, 9.17) is 0 Å².